The van der Waals surface area contributed by atoms with Crippen LogP contribution in [-0.2, 0) is 0 Å². The summed E-state index contributed by atoms with van der Waals surface area (Å²) in [5, 5.41) is 29.2. The van der Waals surface area contributed by atoms with Gasteiger partial charge in [0, 0.05) is 53.4 Å². The molecule has 0 saturated heterocycles. The van der Waals surface area contributed by atoms with Crippen LogP contribution in [0.2, 0.25) is 0 Å². The molecule has 0 fully saturated rings. The van der Waals surface area contributed by atoms with E-state index in [0.29, 0.717) is 17.1 Å². The average Bonchev–Trinajstić information content (AvgIpc) is 3.05. The topological polar surface area (TPSA) is 122 Å². The van der Waals surface area contributed by atoms with Gasteiger partial charge in [0.25, 0.3) is 17.7 Å². The fraction of sp³-hybridized carbons (Fsp3) is 0.182. The minimum atomic E-state index is -0.513. The van der Waals surface area contributed by atoms with E-state index in [1.165, 1.54) is 32.9 Å². The number of hydrogen-bond donors (Lipinski definition) is 3. The lowest BCUT2D eigenvalue weighted by molar-refractivity contribution is 0.0981. The van der Waals surface area contributed by atoms with Crippen LogP contribution in [0.15, 0.2) is 109 Å². The first-order chi connectivity index (χ1) is 20.5. The van der Waals surface area contributed by atoms with E-state index >= 15 is 0 Å². The molecule has 4 aromatic rings. The van der Waals surface area contributed by atoms with Gasteiger partial charge in [-0.3, -0.25) is 14.4 Å². The highest BCUT2D eigenvalue weighted by Gasteiger charge is 2.26. The Hall–Kier alpha value is -4.83. The maximum absolute atomic E-state index is 13.9. The molecule has 0 aliphatic carbocycles. The van der Waals surface area contributed by atoms with Gasteiger partial charge in [-0.2, -0.15) is 0 Å². The monoisotopic (exact) mass is 567 g/mol. The van der Waals surface area contributed by atoms with Crippen molar-refractivity contribution >= 4 is 34.8 Å². The fourth-order valence-corrected chi connectivity index (χ4v) is 4.63. The number of rotatable bonds is 12. The summed E-state index contributed by atoms with van der Waals surface area (Å²) in [7, 11) is 0. The fourth-order valence-electron chi connectivity index (χ4n) is 4.63. The zero-order chi connectivity index (χ0) is 29.9. The van der Waals surface area contributed by atoms with Crippen molar-refractivity contribution in [3.05, 3.63) is 126 Å². The molecule has 0 heterocycles. The molecular formula is C33H33N3O6. The van der Waals surface area contributed by atoms with Gasteiger partial charge < -0.3 is 30.0 Å². The van der Waals surface area contributed by atoms with Gasteiger partial charge in [-0.05, 0) is 54.6 Å². The number of hydrogen-bond acceptors (Lipinski definition) is 6. The zero-order valence-corrected chi connectivity index (χ0v) is 23.0. The first kappa shape index (κ1) is 30.1. The SMILES string of the molecule is O=C(c1cc(C(=O)N(CCO)c2ccccc2)cc(C(=O)N(CCO)c2ccccc2)c1)N(CCO)c1ccccc1. The summed E-state index contributed by atoms with van der Waals surface area (Å²) < 4.78 is 0. The predicted molar refractivity (Wildman–Crippen MR) is 162 cm³/mol. The minimum Gasteiger partial charge on any atom is -0.395 e. The number of anilines is 3. The lowest BCUT2D eigenvalue weighted by Gasteiger charge is -2.26. The summed E-state index contributed by atoms with van der Waals surface area (Å²) in [6.45, 7) is -0.937. The van der Waals surface area contributed by atoms with Crippen molar-refractivity contribution in [1.29, 1.82) is 0 Å². The van der Waals surface area contributed by atoms with E-state index in [4.69, 9.17) is 0 Å². The lowest BCUT2D eigenvalue weighted by atomic mass is 10.0. The molecule has 0 aromatic heterocycles. The third-order valence-corrected chi connectivity index (χ3v) is 6.58. The maximum atomic E-state index is 13.9. The quantitative estimate of drug-likeness (QED) is 0.241. The normalized spacial score (nSPS) is 10.6. The first-order valence-corrected chi connectivity index (χ1v) is 13.6. The number of amides is 3. The Kier molecular flexibility index (Phi) is 10.5. The van der Waals surface area contributed by atoms with Crippen molar-refractivity contribution in [2.45, 2.75) is 0 Å². The van der Waals surface area contributed by atoms with E-state index in [-0.39, 0.29) is 56.1 Å². The second-order valence-electron chi connectivity index (χ2n) is 9.35. The molecule has 0 aliphatic heterocycles. The molecule has 42 heavy (non-hydrogen) atoms. The van der Waals surface area contributed by atoms with Gasteiger partial charge in [0.15, 0.2) is 0 Å². The van der Waals surface area contributed by atoms with Gasteiger partial charge in [0.05, 0.1) is 19.8 Å². The highest BCUT2D eigenvalue weighted by molar-refractivity contribution is 6.14. The second-order valence-corrected chi connectivity index (χ2v) is 9.35. The van der Waals surface area contributed by atoms with Crippen molar-refractivity contribution in [3.63, 3.8) is 0 Å². The number of benzene rings is 4. The Bertz CT molecular complexity index is 1290. The molecule has 4 aromatic carbocycles. The molecule has 0 bridgehead atoms. The summed E-state index contributed by atoms with van der Waals surface area (Å²) >= 11 is 0. The number of aliphatic hydroxyl groups is 3. The number of para-hydroxylation sites is 3. The molecule has 0 aliphatic rings. The zero-order valence-electron chi connectivity index (χ0n) is 23.0. The van der Waals surface area contributed by atoms with Gasteiger partial charge in [0.2, 0.25) is 0 Å². The van der Waals surface area contributed by atoms with Crippen LogP contribution in [0, 0.1) is 0 Å². The Morgan fingerprint density at radius 3 is 0.881 bits per heavy atom. The smallest absolute Gasteiger partial charge is 0.258 e. The number of nitrogens with zero attached hydrogens (tertiary/aromatic N) is 3. The molecule has 0 atom stereocenters. The van der Waals surface area contributed by atoms with Gasteiger partial charge in [0.1, 0.15) is 0 Å². The van der Waals surface area contributed by atoms with Gasteiger partial charge >= 0.3 is 0 Å². The first-order valence-electron chi connectivity index (χ1n) is 13.6. The van der Waals surface area contributed by atoms with E-state index in [9.17, 15) is 29.7 Å². The molecule has 9 heteroatoms. The van der Waals surface area contributed by atoms with Crippen molar-refractivity contribution < 1.29 is 29.7 Å². The third kappa shape index (κ3) is 7.08. The highest BCUT2D eigenvalue weighted by Crippen LogP contribution is 2.24. The van der Waals surface area contributed by atoms with Crippen LogP contribution in [0.5, 0.6) is 0 Å². The van der Waals surface area contributed by atoms with Crippen LogP contribution in [-0.4, -0.2) is 72.5 Å². The van der Waals surface area contributed by atoms with E-state index in [2.05, 4.69) is 0 Å². The molecule has 3 amide bonds. The molecule has 4 rings (SSSR count). The van der Waals surface area contributed by atoms with Crippen LogP contribution in [0.1, 0.15) is 31.1 Å². The Labute approximate surface area is 244 Å². The number of carbonyl (C=O) groups is 3. The van der Waals surface area contributed by atoms with E-state index < -0.39 is 17.7 Å². The molecule has 0 saturated carbocycles. The van der Waals surface area contributed by atoms with Crippen molar-refractivity contribution in [1.82, 2.24) is 0 Å². The summed E-state index contributed by atoms with van der Waals surface area (Å²) in [6, 6.07) is 30.6. The molecule has 0 unspecified atom stereocenters. The molecule has 3 N–H and O–H groups in total. The molecule has 9 nitrogen and oxygen atoms in total. The Morgan fingerprint density at radius 2 is 0.667 bits per heavy atom. The largest absolute Gasteiger partial charge is 0.395 e. The third-order valence-electron chi connectivity index (χ3n) is 6.58. The summed E-state index contributed by atoms with van der Waals surface area (Å²) in [5.41, 5.74) is 1.82. The highest BCUT2D eigenvalue weighted by atomic mass is 16.3. The Morgan fingerprint density at radius 1 is 0.429 bits per heavy atom. The summed E-state index contributed by atoms with van der Waals surface area (Å²) in [4.78, 5) is 45.8. The van der Waals surface area contributed by atoms with E-state index in [1.54, 1.807) is 91.0 Å². The van der Waals surface area contributed by atoms with Gasteiger partial charge in [-0.25, -0.2) is 0 Å². The van der Waals surface area contributed by atoms with E-state index in [1.807, 2.05) is 0 Å². The minimum absolute atomic E-state index is 0.00833. The van der Waals surface area contributed by atoms with E-state index in [0.717, 1.165) is 0 Å². The lowest BCUT2D eigenvalue weighted by Crippen LogP contribution is -2.37. The molecule has 216 valence electrons. The van der Waals surface area contributed by atoms with Crippen LogP contribution in [0.25, 0.3) is 0 Å². The van der Waals surface area contributed by atoms with Gasteiger partial charge in [-0.15, -0.1) is 0 Å². The van der Waals surface area contributed by atoms with Crippen molar-refractivity contribution in [2.24, 2.45) is 0 Å². The van der Waals surface area contributed by atoms with Crippen LogP contribution < -0.4 is 14.7 Å². The average molecular weight is 568 g/mol. The summed E-state index contributed by atoms with van der Waals surface area (Å²) in [5.74, 6) is -1.54. The van der Waals surface area contributed by atoms with Crippen LogP contribution >= 0.6 is 0 Å². The van der Waals surface area contributed by atoms with Crippen LogP contribution in [0.3, 0.4) is 0 Å². The van der Waals surface area contributed by atoms with Crippen LogP contribution in [0.4, 0.5) is 17.1 Å². The Balaban J connectivity index is 1.84. The number of aliphatic hydroxyl groups excluding tert-OH is 3. The molecular weight excluding hydrogens is 534 g/mol. The van der Waals surface area contributed by atoms with Crippen molar-refractivity contribution in [3.8, 4) is 0 Å². The standard InChI is InChI=1S/C33H33N3O6/c37-19-16-34(28-10-4-1-5-11-28)31(40)25-22-26(32(41)35(17-20-38)29-12-6-2-7-13-29)24-27(23-25)33(42)36(18-21-39)30-14-8-3-9-15-30/h1-15,22-24,37-39H,16-21H2. The predicted octanol–water partition coefficient (Wildman–Crippen LogP) is 3.60. The number of carbonyl (C=O) groups excluding carboxylic acids is 3. The van der Waals surface area contributed by atoms with Gasteiger partial charge in [-0.1, -0.05) is 54.6 Å². The molecule has 0 spiro atoms. The second kappa shape index (κ2) is 14.7. The molecule has 0 radical (unpaired) electrons. The maximum Gasteiger partial charge on any atom is 0.258 e. The summed E-state index contributed by atoms with van der Waals surface area (Å²) in [6.07, 6.45) is 0. The van der Waals surface area contributed by atoms with Crippen molar-refractivity contribution in [2.75, 3.05) is 54.2 Å².